The molecule has 0 spiro atoms. The number of benzene rings is 1. The maximum Gasteiger partial charge on any atom is 0.182 e. The molecule has 0 N–H and O–H groups in total. The summed E-state index contributed by atoms with van der Waals surface area (Å²) in [6.07, 6.45) is 5.07. The van der Waals surface area contributed by atoms with Crippen LogP contribution in [0.15, 0.2) is 30.6 Å². The monoisotopic (exact) mass is 478 g/mol. The molecule has 8 nitrogen and oxygen atoms in total. The first-order valence-electron chi connectivity index (χ1n) is 11.7. The second-order valence-electron chi connectivity index (χ2n) is 9.15. The van der Waals surface area contributed by atoms with Gasteiger partial charge in [-0.3, -0.25) is 4.68 Å². The predicted molar refractivity (Wildman–Crippen MR) is 123 cm³/mol. The highest BCUT2D eigenvalue weighted by molar-refractivity contribution is 5.87. The predicted octanol–water partition coefficient (Wildman–Crippen LogP) is 4.38. The maximum absolute atomic E-state index is 14.8. The lowest BCUT2D eigenvalue weighted by molar-refractivity contribution is -0.0290. The minimum absolute atomic E-state index is 0.0285. The number of aryl methyl sites for hydroxylation is 2. The van der Waals surface area contributed by atoms with Gasteiger partial charge in [0.2, 0.25) is 0 Å². The van der Waals surface area contributed by atoms with Crippen LogP contribution in [0.2, 0.25) is 0 Å². The van der Waals surface area contributed by atoms with Gasteiger partial charge in [0, 0.05) is 35.9 Å². The van der Waals surface area contributed by atoms with Crippen LogP contribution >= 0.6 is 0 Å². The van der Waals surface area contributed by atoms with Crippen LogP contribution in [0, 0.1) is 25.5 Å². The van der Waals surface area contributed by atoms with Crippen molar-refractivity contribution >= 4 is 11.2 Å². The van der Waals surface area contributed by atoms with Crippen LogP contribution in [0.1, 0.15) is 53.7 Å². The van der Waals surface area contributed by atoms with E-state index in [0.717, 1.165) is 23.7 Å². The number of rotatable bonds is 4. The van der Waals surface area contributed by atoms with E-state index >= 15 is 0 Å². The van der Waals surface area contributed by atoms with Crippen molar-refractivity contribution in [2.24, 2.45) is 0 Å². The molecule has 6 rings (SSSR count). The van der Waals surface area contributed by atoms with E-state index in [2.05, 4.69) is 15.1 Å². The van der Waals surface area contributed by atoms with E-state index in [1.165, 1.54) is 12.1 Å². The van der Waals surface area contributed by atoms with Gasteiger partial charge in [-0.1, -0.05) is 0 Å². The normalized spacial score (nSPS) is 20.8. The molecule has 0 saturated carbocycles. The standard InChI is InChI=1S/C25H24F2N6O2/c1-13-14(2)30-25-23(29-13)22(19-4-3-17(26)8-20(19)27)31-24(32-25)15-5-6-35-21(7-15)16-9-28-33(10-16)18-11-34-12-18/h3-4,8-10,15,18,21H,5-7,11-12H2,1-2H3/t15-,21+/m0/s1. The van der Waals surface area contributed by atoms with Gasteiger partial charge in [-0.25, -0.2) is 28.7 Å². The van der Waals surface area contributed by atoms with Gasteiger partial charge >= 0.3 is 0 Å². The van der Waals surface area contributed by atoms with Crippen molar-refractivity contribution in [3.63, 3.8) is 0 Å². The maximum atomic E-state index is 14.8. The summed E-state index contributed by atoms with van der Waals surface area (Å²) < 4.78 is 41.7. The fraction of sp³-hybridized carbons (Fsp3) is 0.400. The molecule has 0 radical (unpaired) electrons. The van der Waals surface area contributed by atoms with Crippen LogP contribution in [0.25, 0.3) is 22.4 Å². The summed E-state index contributed by atoms with van der Waals surface area (Å²) in [5.41, 5.74) is 3.73. The molecule has 3 aromatic heterocycles. The summed E-state index contributed by atoms with van der Waals surface area (Å²) in [6.45, 7) is 5.56. The molecular weight excluding hydrogens is 454 g/mol. The fourth-order valence-electron chi connectivity index (χ4n) is 4.54. The quantitative estimate of drug-likeness (QED) is 0.430. The molecule has 2 saturated heterocycles. The second-order valence-corrected chi connectivity index (χ2v) is 9.15. The highest BCUT2D eigenvalue weighted by atomic mass is 19.1. The molecule has 5 heterocycles. The van der Waals surface area contributed by atoms with Crippen LogP contribution in [0.4, 0.5) is 8.78 Å². The van der Waals surface area contributed by atoms with Crippen LogP contribution in [-0.4, -0.2) is 49.5 Å². The Bertz CT molecular complexity index is 1420. The summed E-state index contributed by atoms with van der Waals surface area (Å²) in [5, 5.41) is 4.48. The summed E-state index contributed by atoms with van der Waals surface area (Å²) in [4.78, 5) is 18.7. The first-order valence-corrected chi connectivity index (χ1v) is 11.7. The first kappa shape index (κ1) is 22.1. The van der Waals surface area contributed by atoms with Crippen molar-refractivity contribution in [1.82, 2.24) is 29.7 Å². The molecule has 0 unspecified atom stereocenters. The van der Waals surface area contributed by atoms with Crippen molar-refractivity contribution in [2.75, 3.05) is 19.8 Å². The zero-order chi connectivity index (χ0) is 24.1. The molecule has 0 amide bonds. The fourth-order valence-corrected chi connectivity index (χ4v) is 4.54. The summed E-state index contributed by atoms with van der Waals surface area (Å²) >= 11 is 0. The molecule has 180 valence electrons. The molecule has 35 heavy (non-hydrogen) atoms. The zero-order valence-corrected chi connectivity index (χ0v) is 19.4. The van der Waals surface area contributed by atoms with Crippen molar-refractivity contribution in [1.29, 1.82) is 0 Å². The molecule has 2 aliphatic heterocycles. The molecule has 4 aromatic rings. The number of halogens is 2. The molecular formula is C25H24F2N6O2. The Morgan fingerprint density at radius 1 is 1.03 bits per heavy atom. The average molecular weight is 479 g/mol. The van der Waals surface area contributed by atoms with Gasteiger partial charge in [0.1, 0.15) is 28.7 Å². The Morgan fingerprint density at radius 3 is 2.63 bits per heavy atom. The van der Waals surface area contributed by atoms with Gasteiger partial charge in [0.25, 0.3) is 0 Å². The average Bonchev–Trinajstić information content (AvgIpc) is 3.28. The van der Waals surface area contributed by atoms with Gasteiger partial charge < -0.3 is 9.47 Å². The number of hydrogen-bond acceptors (Lipinski definition) is 7. The van der Waals surface area contributed by atoms with Crippen LogP contribution in [-0.2, 0) is 9.47 Å². The van der Waals surface area contributed by atoms with Crippen molar-refractivity contribution < 1.29 is 18.3 Å². The lowest BCUT2D eigenvalue weighted by atomic mass is 9.92. The summed E-state index contributed by atoms with van der Waals surface area (Å²) in [6, 6.07) is 3.73. The SMILES string of the molecule is Cc1nc2nc([C@H]3CCO[C@@H](c4cnn(C5COC5)c4)C3)nc(-c3ccc(F)cc3F)c2nc1C. The summed E-state index contributed by atoms with van der Waals surface area (Å²) in [7, 11) is 0. The van der Waals surface area contributed by atoms with Gasteiger partial charge in [-0.05, 0) is 38.8 Å². The number of nitrogens with zero attached hydrogens (tertiary/aromatic N) is 6. The lowest BCUT2D eigenvalue weighted by Gasteiger charge is -2.29. The Labute approximate surface area is 200 Å². The third kappa shape index (κ3) is 4.06. The highest BCUT2D eigenvalue weighted by Crippen LogP contribution is 2.38. The third-order valence-corrected chi connectivity index (χ3v) is 6.78. The molecule has 1 aromatic carbocycles. The van der Waals surface area contributed by atoms with Crippen molar-refractivity contribution in [3.05, 3.63) is 65.0 Å². The number of hydrogen-bond donors (Lipinski definition) is 0. The third-order valence-electron chi connectivity index (χ3n) is 6.78. The summed E-state index contributed by atoms with van der Waals surface area (Å²) in [5.74, 6) is -0.821. The second kappa shape index (κ2) is 8.69. The molecule has 2 aliphatic rings. The van der Waals surface area contributed by atoms with E-state index in [-0.39, 0.29) is 23.6 Å². The van der Waals surface area contributed by atoms with Gasteiger partial charge in [-0.15, -0.1) is 0 Å². The number of aromatic nitrogens is 6. The Balaban J connectivity index is 1.39. The van der Waals surface area contributed by atoms with Crippen LogP contribution < -0.4 is 0 Å². The molecule has 10 heteroatoms. The largest absolute Gasteiger partial charge is 0.377 e. The van der Waals surface area contributed by atoms with Gasteiger partial charge in [0.05, 0.1) is 42.9 Å². The molecule has 2 atom stereocenters. The Kier molecular flexibility index (Phi) is 5.49. The van der Waals surface area contributed by atoms with Gasteiger partial charge in [-0.2, -0.15) is 5.10 Å². The van der Waals surface area contributed by atoms with E-state index in [0.29, 0.717) is 54.6 Å². The minimum atomic E-state index is -0.701. The topological polar surface area (TPSA) is 87.8 Å². The van der Waals surface area contributed by atoms with Gasteiger partial charge in [0.15, 0.2) is 5.65 Å². The van der Waals surface area contributed by atoms with E-state index < -0.39 is 11.6 Å². The smallest absolute Gasteiger partial charge is 0.182 e. The zero-order valence-electron chi connectivity index (χ0n) is 19.4. The Hall–Kier alpha value is -3.37. The Morgan fingerprint density at radius 2 is 1.86 bits per heavy atom. The molecule has 2 fully saturated rings. The minimum Gasteiger partial charge on any atom is -0.377 e. The van der Waals surface area contributed by atoms with Crippen LogP contribution in [0.3, 0.4) is 0 Å². The molecule has 0 aliphatic carbocycles. The van der Waals surface area contributed by atoms with E-state index in [4.69, 9.17) is 19.4 Å². The molecule has 0 bridgehead atoms. The van der Waals surface area contributed by atoms with E-state index in [9.17, 15) is 8.78 Å². The first-order chi connectivity index (χ1) is 17.0. The van der Waals surface area contributed by atoms with Crippen molar-refractivity contribution in [2.45, 2.75) is 44.8 Å². The van der Waals surface area contributed by atoms with Crippen LogP contribution in [0.5, 0.6) is 0 Å². The number of fused-ring (bicyclic) bond motifs is 1. The van der Waals surface area contributed by atoms with E-state index in [1.54, 1.807) is 0 Å². The highest BCUT2D eigenvalue weighted by Gasteiger charge is 2.30. The van der Waals surface area contributed by atoms with Crippen molar-refractivity contribution in [3.8, 4) is 11.3 Å². The lowest BCUT2D eigenvalue weighted by Crippen LogP contribution is -2.30. The number of ether oxygens (including phenoxy) is 2. The van der Waals surface area contributed by atoms with E-state index in [1.807, 2.05) is 30.9 Å².